The van der Waals surface area contributed by atoms with Gasteiger partial charge in [0, 0.05) is 18.3 Å². The van der Waals surface area contributed by atoms with E-state index >= 15 is 0 Å². The fourth-order valence-corrected chi connectivity index (χ4v) is 3.53. The van der Waals surface area contributed by atoms with Crippen molar-refractivity contribution in [1.29, 1.82) is 0 Å². The predicted octanol–water partition coefficient (Wildman–Crippen LogP) is 2.19. The maximum atomic E-state index is 13.2. The van der Waals surface area contributed by atoms with Crippen LogP contribution in [0.1, 0.15) is 28.0 Å². The van der Waals surface area contributed by atoms with E-state index in [0.717, 1.165) is 5.56 Å². The molecule has 0 spiro atoms. The third kappa shape index (κ3) is 4.21. The smallest absolute Gasteiger partial charge is 0.334 e. The van der Waals surface area contributed by atoms with E-state index in [9.17, 15) is 14.0 Å². The predicted molar refractivity (Wildman–Crippen MR) is 89.2 cm³/mol. The molecule has 1 aliphatic rings. The van der Waals surface area contributed by atoms with E-state index < -0.39 is 12.1 Å². The molecule has 25 heavy (non-hydrogen) atoms. The fraction of sp³-hybridized carbons (Fsp3) is 0.353. The lowest BCUT2D eigenvalue weighted by atomic mass is 10.1. The highest BCUT2D eigenvalue weighted by atomic mass is 32.1. The van der Waals surface area contributed by atoms with E-state index in [0.29, 0.717) is 18.0 Å². The number of carbonyl (C=O) groups is 2. The van der Waals surface area contributed by atoms with Gasteiger partial charge in [0.2, 0.25) is 0 Å². The summed E-state index contributed by atoms with van der Waals surface area (Å²) >= 11 is 1.32. The molecule has 1 N–H and O–H groups in total. The highest BCUT2D eigenvalue weighted by Gasteiger charge is 2.33. The number of amides is 1. The molecule has 1 unspecified atom stereocenters. The first-order valence-corrected chi connectivity index (χ1v) is 8.66. The van der Waals surface area contributed by atoms with Gasteiger partial charge in [-0.1, -0.05) is 12.1 Å². The van der Waals surface area contributed by atoms with E-state index in [2.05, 4.69) is 4.98 Å². The number of carboxylic acid groups (broad SMARTS) is 1. The molecule has 0 saturated carbocycles. The normalized spacial score (nSPS) is 20.5. The molecule has 1 fully saturated rings. The number of benzene rings is 1. The lowest BCUT2D eigenvalue weighted by Crippen LogP contribution is -2.51. The topological polar surface area (TPSA) is 79.7 Å². The third-order valence-electron chi connectivity index (χ3n) is 3.84. The molecule has 2 aromatic rings. The Balaban J connectivity index is 1.71. The number of thiazole rings is 1. The van der Waals surface area contributed by atoms with Gasteiger partial charge in [-0.15, -0.1) is 11.3 Å². The second-order valence-corrected chi connectivity index (χ2v) is 6.86. The van der Waals surface area contributed by atoms with Crippen molar-refractivity contribution in [2.75, 3.05) is 13.1 Å². The minimum atomic E-state index is -1.09. The maximum absolute atomic E-state index is 13.2. The molecule has 1 amide bonds. The summed E-state index contributed by atoms with van der Waals surface area (Å²) in [6, 6.07) is 6.24. The summed E-state index contributed by atoms with van der Waals surface area (Å²) in [5.74, 6) is -1.72. The highest BCUT2D eigenvalue weighted by Crippen LogP contribution is 2.19. The van der Waals surface area contributed by atoms with E-state index in [4.69, 9.17) is 9.84 Å². The van der Waals surface area contributed by atoms with Gasteiger partial charge in [0.1, 0.15) is 11.5 Å². The Labute approximate surface area is 147 Å². The Hall–Kier alpha value is -2.32. The number of hydrogen-bond donors (Lipinski definition) is 1. The first-order valence-electron chi connectivity index (χ1n) is 7.79. The molecule has 0 aliphatic carbocycles. The molecule has 1 aromatic carbocycles. The Morgan fingerprint density at radius 3 is 2.96 bits per heavy atom. The molecule has 2 heterocycles. The van der Waals surface area contributed by atoms with Crippen LogP contribution in [0.4, 0.5) is 4.39 Å². The zero-order valence-corrected chi connectivity index (χ0v) is 14.3. The van der Waals surface area contributed by atoms with Crippen LogP contribution in [0.2, 0.25) is 0 Å². The van der Waals surface area contributed by atoms with E-state index in [1.54, 1.807) is 24.4 Å². The van der Waals surface area contributed by atoms with Gasteiger partial charge in [0.25, 0.3) is 5.91 Å². The largest absolute Gasteiger partial charge is 0.479 e. The molecule has 1 aromatic heterocycles. The van der Waals surface area contributed by atoms with Crippen molar-refractivity contribution in [3.63, 3.8) is 0 Å². The number of hydrogen-bond acceptors (Lipinski definition) is 5. The highest BCUT2D eigenvalue weighted by molar-refractivity contribution is 7.09. The standard InChI is InChI=1S/C17H17FN2O4S/c1-10-7-20(8-14(24-10)17(22)23)16(21)13-9-25-15(19-13)6-11-3-2-4-12(18)5-11/h2-5,9-10,14H,6-8H2,1H3,(H,22,23)/t10-,14?/m1/s1. The molecule has 2 atom stereocenters. The zero-order valence-electron chi connectivity index (χ0n) is 13.5. The van der Waals surface area contributed by atoms with Crippen LogP contribution in [0.3, 0.4) is 0 Å². The first kappa shape index (κ1) is 17.5. The average Bonchev–Trinajstić information content (AvgIpc) is 3.02. The Morgan fingerprint density at radius 1 is 1.44 bits per heavy atom. The van der Waals surface area contributed by atoms with Crippen LogP contribution in [0.15, 0.2) is 29.6 Å². The average molecular weight is 364 g/mol. The van der Waals surface area contributed by atoms with Crippen molar-refractivity contribution < 1.29 is 23.8 Å². The number of rotatable bonds is 4. The summed E-state index contributed by atoms with van der Waals surface area (Å²) in [7, 11) is 0. The van der Waals surface area contributed by atoms with Gasteiger partial charge in [0.05, 0.1) is 17.7 Å². The van der Waals surface area contributed by atoms with Crippen LogP contribution in [0.25, 0.3) is 0 Å². The number of aliphatic carboxylic acids is 1. The molecular formula is C17H17FN2O4S. The SMILES string of the molecule is C[C@@H]1CN(C(=O)c2csc(Cc3cccc(F)c3)n2)CC(C(=O)O)O1. The summed E-state index contributed by atoms with van der Waals surface area (Å²) in [4.78, 5) is 29.5. The van der Waals surface area contributed by atoms with Crippen molar-refractivity contribution in [3.8, 4) is 0 Å². The molecule has 0 radical (unpaired) electrons. The van der Waals surface area contributed by atoms with Crippen LogP contribution in [-0.4, -0.2) is 52.2 Å². The number of morpholine rings is 1. The zero-order chi connectivity index (χ0) is 18.0. The van der Waals surface area contributed by atoms with Gasteiger partial charge in [-0.25, -0.2) is 14.2 Å². The Morgan fingerprint density at radius 2 is 2.24 bits per heavy atom. The summed E-state index contributed by atoms with van der Waals surface area (Å²) in [6.07, 6.45) is -0.949. The van der Waals surface area contributed by atoms with Gasteiger partial charge in [-0.05, 0) is 24.6 Å². The Kier molecular flexibility index (Phi) is 5.10. The van der Waals surface area contributed by atoms with Gasteiger partial charge >= 0.3 is 5.97 Å². The van der Waals surface area contributed by atoms with Gasteiger partial charge in [-0.3, -0.25) is 4.79 Å². The molecule has 3 rings (SSSR count). The molecule has 1 saturated heterocycles. The summed E-state index contributed by atoms with van der Waals surface area (Å²) in [5, 5.41) is 11.5. The molecule has 0 bridgehead atoms. The number of ether oxygens (including phenoxy) is 1. The molecule has 132 valence electrons. The first-order chi connectivity index (χ1) is 11.9. The van der Waals surface area contributed by atoms with Crippen LogP contribution in [0.5, 0.6) is 0 Å². The number of carbonyl (C=O) groups excluding carboxylic acids is 1. The van der Waals surface area contributed by atoms with Crippen molar-refractivity contribution >= 4 is 23.2 Å². The molecule has 6 nitrogen and oxygen atoms in total. The summed E-state index contributed by atoms with van der Waals surface area (Å²) < 4.78 is 18.6. The lowest BCUT2D eigenvalue weighted by Gasteiger charge is -2.34. The quantitative estimate of drug-likeness (QED) is 0.900. The van der Waals surface area contributed by atoms with Gasteiger partial charge in [0.15, 0.2) is 6.10 Å². The summed E-state index contributed by atoms with van der Waals surface area (Å²) in [6.45, 7) is 2.04. The number of halogens is 1. The molecule has 1 aliphatic heterocycles. The van der Waals surface area contributed by atoms with E-state index in [-0.39, 0.29) is 30.1 Å². The minimum Gasteiger partial charge on any atom is -0.479 e. The maximum Gasteiger partial charge on any atom is 0.334 e. The van der Waals surface area contributed by atoms with E-state index in [1.165, 1.54) is 28.4 Å². The van der Waals surface area contributed by atoms with Crippen molar-refractivity contribution in [1.82, 2.24) is 9.88 Å². The molecular weight excluding hydrogens is 347 g/mol. The van der Waals surface area contributed by atoms with Crippen molar-refractivity contribution in [2.24, 2.45) is 0 Å². The Bertz CT molecular complexity index is 794. The lowest BCUT2D eigenvalue weighted by molar-refractivity contribution is -0.160. The second kappa shape index (κ2) is 7.28. The monoisotopic (exact) mass is 364 g/mol. The van der Waals surface area contributed by atoms with Crippen molar-refractivity contribution in [2.45, 2.75) is 25.6 Å². The number of carboxylic acids is 1. The number of nitrogens with zero attached hydrogens (tertiary/aromatic N) is 2. The third-order valence-corrected chi connectivity index (χ3v) is 4.69. The minimum absolute atomic E-state index is 0.00470. The van der Waals surface area contributed by atoms with Crippen LogP contribution in [-0.2, 0) is 16.0 Å². The number of aromatic nitrogens is 1. The molecule has 8 heteroatoms. The van der Waals surface area contributed by atoms with Crippen LogP contribution in [0, 0.1) is 5.82 Å². The van der Waals surface area contributed by atoms with Crippen LogP contribution < -0.4 is 0 Å². The van der Waals surface area contributed by atoms with Crippen LogP contribution >= 0.6 is 11.3 Å². The van der Waals surface area contributed by atoms with E-state index in [1.807, 2.05) is 0 Å². The van der Waals surface area contributed by atoms with Crippen molar-refractivity contribution in [3.05, 3.63) is 51.7 Å². The summed E-state index contributed by atoms with van der Waals surface area (Å²) in [5.41, 5.74) is 1.05. The fourth-order valence-electron chi connectivity index (χ4n) is 2.73. The van der Waals surface area contributed by atoms with Gasteiger partial charge < -0.3 is 14.7 Å². The second-order valence-electron chi connectivity index (χ2n) is 5.92. The van der Waals surface area contributed by atoms with Gasteiger partial charge in [-0.2, -0.15) is 0 Å².